The fraction of sp³-hybridized carbons (Fsp3) is 0.571. The fourth-order valence-electron chi connectivity index (χ4n) is 2.84. The molecule has 0 unspecified atom stereocenters. The molecule has 1 rings (SSSR count). The molecule has 0 amide bonds. The van der Waals surface area contributed by atoms with Gasteiger partial charge in [-0.1, -0.05) is 53.9 Å². The van der Waals surface area contributed by atoms with Gasteiger partial charge < -0.3 is 5.11 Å². The van der Waals surface area contributed by atoms with Crippen molar-refractivity contribution >= 4 is 15.9 Å². The molecular weight excluding hydrogens is 346 g/mol. The highest BCUT2D eigenvalue weighted by atomic mass is 32.2. The lowest BCUT2D eigenvalue weighted by molar-refractivity contribution is 0.454. The summed E-state index contributed by atoms with van der Waals surface area (Å²) in [6.07, 6.45) is 4.88. The number of allylic oxidation sites excluding steroid dienone is 1. The summed E-state index contributed by atoms with van der Waals surface area (Å²) < 4.78 is 25.0. The van der Waals surface area contributed by atoms with Crippen molar-refractivity contribution in [2.75, 3.05) is 5.75 Å². The predicted octanol–water partition coefficient (Wildman–Crippen LogP) is 5.50. The predicted molar refractivity (Wildman–Crippen MR) is 108 cm³/mol. The number of benzene rings is 1. The first-order chi connectivity index (χ1) is 12.1. The van der Waals surface area contributed by atoms with Gasteiger partial charge in [-0.3, -0.25) is 0 Å². The Labute approximate surface area is 158 Å². The molecule has 0 atom stereocenters. The van der Waals surface area contributed by atoms with Crippen LogP contribution in [0.25, 0.3) is 6.08 Å². The summed E-state index contributed by atoms with van der Waals surface area (Å²) in [5, 5.41) is 19.9. The second-order valence-electron chi connectivity index (χ2n) is 7.36. The van der Waals surface area contributed by atoms with Crippen LogP contribution in [-0.4, -0.2) is 19.3 Å². The molecule has 144 valence electrons. The first-order valence-corrected chi connectivity index (χ1v) is 11.0. The largest absolute Gasteiger partial charge is 0.507 e. The van der Waals surface area contributed by atoms with Gasteiger partial charge in [-0.2, -0.15) is 5.26 Å². The highest BCUT2D eigenvalue weighted by Crippen LogP contribution is 2.35. The summed E-state index contributed by atoms with van der Waals surface area (Å²) in [6, 6.07) is 5.40. The minimum atomic E-state index is -3.59. The number of aromatic hydroxyl groups is 1. The molecule has 0 heterocycles. The van der Waals surface area contributed by atoms with Crippen LogP contribution in [0.5, 0.6) is 5.75 Å². The van der Waals surface area contributed by atoms with E-state index in [0.29, 0.717) is 12.0 Å². The van der Waals surface area contributed by atoms with Gasteiger partial charge >= 0.3 is 0 Å². The summed E-state index contributed by atoms with van der Waals surface area (Å²) in [5.74, 6) is 0.445. The number of nitrogens with zero attached hydrogens (tertiary/aromatic N) is 1. The van der Waals surface area contributed by atoms with Crippen LogP contribution in [0.2, 0.25) is 0 Å². The summed E-state index contributed by atoms with van der Waals surface area (Å²) in [7, 11) is -3.59. The van der Waals surface area contributed by atoms with Gasteiger partial charge in [-0.15, -0.1) is 0 Å². The number of unbranched alkanes of at least 4 members (excludes halogenated alkanes) is 3. The van der Waals surface area contributed by atoms with Crippen LogP contribution < -0.4 is 0 Å². The summed E-state index contributed by atoms with van der Waals surface area (Å²) >= 11 is 0. The molecule has 5 heteroatoms. The molecule has 26 heavy (non-hydrogen) atoms. The van der Waals surface area contributed by atoms with Crippen LogP contribution in [0.15, 0.2) is 17.0 Å². The topological polar surface area (TPSA) is 78.2 Å². The Bertz CT molecular complexity index is 755. The highest BCUT2D eigenvalue weighted by Gasteiger charge is 2.19. The van der Waals surface area contributed by atoms with Gasteiger partial charge in [-0.05, 0) is 53.2 Å². The number of hydrogen-bond acceptors (Lipinski definition) is 4. The number of sulfone groups is 1. The number of nitriles is 1. The molecule has 0 fully saturated rings. The lowest BCUT2D eigenvalue weighted by Crippen LogP contribution is -2.08. The molecule has 4 nitrogen and oxygen atoms in total. The molecule has 1 aromatic rings. The molecule has 0 saturated heterocycles. The molecule has 0 aliphatic heterocycles. The van der Waals surface area contributed by atoms with Gasteiger partial charge in [0.05, 0.1) is 5.75 Å². The van der Waals surface area contributed by atoms with Crippen LogP contribution in [0.1, 0.15) is 88.8 Å². The zero-order valence-corrected chi connectivity index (χ0v) is 17.4. The van der Waals surface area contributed by atoms with Crippen LogP contribution in [-0.2, 0) is 9.84 Å². The van der Waals surface area contributed by atoms with Crippen molar-refractivity contribution in [3.05, 3.63) is 33.7 Å². The number of phenols is 1. The Morgan fingerprint density at radius 3 is 2.08 bits per heavy atom. The minimum absolute atomic E-state index is 0.00144. The Balaban J connectivity index is 3.29. The third kappa shape index (κ3) is 5.88. The summed E-state index contributed by atoms with van der Waals surface area (Å²) in [6.45, 7) is 9.97. The SMILES string of the molecule is CCCCCCS(=O)(=O)/C(C#N)=C/c1cc(C(C)C)c(O)c(C(C)C)c1. The lowest BCUT2D eigenvalue weighted by Gasteiger charge is -2.16. The van der Waals surface area contributed by atoms with Crippen LogP contribution in [0, 0.1) is 11.3 Å². The molecule has 0 aliphatic rings. The van der Waals surface area contributed by atoms with Gasteiger partial charge in [0, 0.05) is 0 Å². The first-order valence-electron chi connectivity index (χ1n) is 9.35. The Morgan fingerprint density at radius 1 is 1.12 bits per heavy atom. The van der Waals surface area contributed by atoms with E-state index in [1.165, 1.54) is 6.08 Å². The number of hydrogen-bond donors (Lipinski definition) is 1. The van der Waals surface area contributed by atoms with Crippen molar-refractivity contribution in [3.8, 4) is 11.8 Å². The van der Waals surface area contributed by atoms with E-state index in [4.69, 9.17) is 0 Å². The normalized spacial score (nSPS) is 12.6. The maximum atomic E-state index is 12.5. The lowest BCUT2D eigenvalue weighted by atomic mass is 9.91. The van der Waals surface area contributed by atoms with E-state index < -0.39 is 9.84 Å². The second-order valence-corrected chi connectivity index (χ2v) is 9.43. The third-order valence-corrected chi connectivity index (χ3v) is 6.15. The zero-order valence-electron chi connectivity index (χ0n) is 16.5. The van der Waals surface area contributed by atoms with Gasteiger partial charge in [0.1, 0.15) is 16.7 Å². The highest BCUT2D eigenvalue weighted by molar-refractivity contribution is 7.95. The van der Waals surface area contributed by atoms with E-state index >= 15 is 0 Å². The minimum Gasteiger partial charge on any atom is -0.507 e. The molecule has 0 bridgehead atoms. The van der Waals surface area contributed by atoms with Crippen molar-refractivity contribution < 1.29 is 13.5 Å². The maximum Gasteiger partial charge on any atom is 0.188 e. The maximum absolute atomic E-state index is 12.5. The van der Waals surface area contributed by atoms with E-state index in [-0.39, 0.29) is 28.2 Å². The van der Waals surface area contributed by atoms with Crippen molar-refractivity contribution in [3.63, 3.8) is 0 Å². The van der Waals surface area contributed by atoms with E-state index in [9.17, 15) is 18.8 Å². The third-order valence-electron chi connectivity index (χ3n) is 4.44. The molecule has 0 aliphatic carbocycles. The Kier molecular flexibility index (Phi) is 8.36. The van der Waals surface area contributed by atoms with Gasteiger partial charge in [0.2, 0.25) is 0 Å². The summed E-state index contributed by atoms with van der Waals surface area (Å²) in [5.41, 5.74) is 2.17. The van der Waals surface area contributed by atoms with Crippen molar-refractivity contribution in [2.24, 2.45) is 0 Å². The average molecular weight is 378 g/mol. The van der Waals surface area contributed by atoms with Gasteiger partial charge in [0.15, 0.2) is 9.84 Å². The molecule has 0 aromatic heterocycles. The Morgan fingerprint density at radius 2 is 1.65 bits per heavy atom. The molecule has 1 N–H and O–H groups in total. The molecule has 1 aromatic carbocycles. The summed E-state index contributed by atoms with van der Waals surface area (Å²) in [4.78, 5) is -0.205. The first kappa shape index (κ1) is 22.2. The van der Waals surface area contributed by atoms with E-state index in [1.807, 2.05) is 33.8 Å². The molecule has 0 radical (unpaired) electrons. The van der Waals surface area contributed by atoms with E-state index in [1.54, 1.807) is 12.1 Å². The van der Waals surface area contributed by atoms with Crippen LogP contribution in [0.4, 0.5) is 0 Å². The van der Waals surface area contributed by atoms with Crippen LogP contribution >= 0.6 is 0 Å². The van der Waals surface area contributed by atoms with Crippen molar-refractivity contribution in [1.29, 1.82) is 5.26 Å². The van der Waals surface area contributed by atoms with E-state index in [0.717, 1.165) is 30.4 Å². The fourth-order valence-corrected chi connectivity index (χ4v) is 4.10. The molecule has 0 saturated carbocycles. The smallest absolute Gasteiger partial charge is 0.188 e. The standard InChI is InChI=1S/C21H31NO3S/c1-6-7-8-9-10-26(24,25)18(14-22)11-17-12-19(15(2)3)21(23)20(13-17)16(4)5/h11-13,15-16,23H,6-10H2,1-5H3/b18-11+. The number of rotatable bonds is 9. The zero-order chi connectivity index (χ0) is 19.9. The van der Waals surface area contributed by atoms with Gasteiger partial charge in [0.25, 0.3) is 0 Å². The van der Waals surface area contributed by atoms with E-state index in [2.05, 4.69) is 6.92 Å². The Hall–Kier alpha value is -1.80. The van der Waals surface area contributed by atoms with Gasteiger partial charge in [-0.25, -0.2) is 8.42 Å². The number of phenolic OH excluding ortho intramolecular Hbond substituents is 1. The quantitative estimate of drug-likeness (QED) is 0.455. The van der Waals surface area contributed by atoms with Crippen molar-refractivity contribution in [2.45, 2.75) is 72.1 Å². The molecule has 0 spiro atoms. The molecular formula is C21H31NO3S. The average Bonchev–Trinajstić information content (AvgIpc) is 2.56. The monoisotopic (exact) mass is 377 g/mol. The second kappa shape index (κ2) is 9.78. The van der Waals surface area contributed by atoms with Crippen LogP contribution in [0.3, 0.4) is 0 Å². The van der Waals surface area contributed by atoms with Crippen molar-refractivity contribution in [1.82, 2.24) is 0 Å².